The fourth-order valence-corrected chi connectivity index (χ4v) is 11.3. The number of carbonyl (C=O) groups excluding carboxylic acids is 1. The molecular formula is C41H36Br4Cl3N5O. The van der Waals surface area contributed by atoms with E-state index in [2.05, 4.69) is 102 Å². The molecule has 1 aliphatic heterocycles. The van der Waals surface area contributed by atoms with Crippen molar-refractivity contribution in [3.05, 3.63) is 152 Å². The van der Waals surface area contributed by atoms with Gasteiger partial charge in [-0.2, -0.15) is 0 Å². The molecule has 2 unspecified atom stereocenters. The van der Waals surface area contributed by atoms with E-state index in [1.165, 1.54) is 27.8 Å². The predicted octanol–water partition coefficient (Wildman–Crippen LogP) is 11.9. The van der Waals surface area contributed by atoms with Crippen molar-refractivity contribution in [2.45, 2.75) is 62.9 Å². The Labute approximate surface area is 364 Å². The zero-order valence-corrected chi connectivity index (χ0v) is 37.7. The van der Waals surface area contributed by atoms with E-state index in [4.69, 9.17) is 39.8 Å². The van der Waals surface area contributed by atoms with E-state index in [9.17, 15) is 4.79 Å². The van der Waals surface area contributed by atoms with Gasteiger partial charge in [0.05, 0.1) is 17.4 Å². The van der Waals surface area contributed by atoms with Gasteiger partial charge in [-0.3, -0.25) is 24.6 Å². The van der Waals surface area contributed by atoms with Crippen LogP contribution < -0.4 is 5.32 Å². The number of nitrogens with zero attached hydrogens (tertiary/aromatic N) is 4. The quantitative estimate of drug-likeness (QED) is 0.178. The molecule has 8 rings (SSSR count). The number of carbonyl (C=O) groups is 1. The van der Waals surface area contributed by atoms with Gasteiger partial charge in [-0.25, -0.2) is 0 Å². The molecule has 5 aromatic rings. The number of rotatable bonds is 5. The third-order valence-electron chi connectivity index (χ3n) is 10.4. The van der Waals surface area contributed by atoms with Crippen LogP contribution in [0, 0.1) is 5.92 Å². The topological polar surface area (TPSA) is 71.0 Å². The van der Waals surface area contributed by atoms with Crippen molar-refractivity contribution in [1.29, 1.82) is 0 Å². The number of hydrogen-bond acceptors (Lipinski definition) is 5. The molecule has 0 spiro atoms. The fraction of sp³-hybridized carbons (Fsp3) is 0.317. The molecule has 1 amide bonds. The van der Waals surface area contributed by atoms with E-state index in [1.807, 2.05) is 36.5 Å². The van der Waals surface area contributed by atoms with Crippen molar-refractivity contribution < 1.29 is 4.79 Å². The maximum Gasteiger partial charge on any atom is 0.220 e. The smallest absolute Gasteiger partial charge is 0.220 e. The van der Waals surface area contributed by atoms with Gasteiger partial charge in [0.2, 0.25) is 5.91 Å². The third kappa shape index (κ3) is 9.45. The first-order valence-corrected chi connectivity index (χ1v) is 22.2. The van der Waals surface area contributed by atoms with Crippen LogP contribution in [0.5, 0.6) is 0 Å². The Morgan fingerprint density at radius 3 is 1.96 bits per heavy atom. The largest absolute Gasteiger partial charge is 0.352 e. The van der Waals surface area contributed by atoms with Crippen molar-refractivity contribution in [3.8, 4) is 0 Å². The van der Waals surface area contributed by atoms with Crippen LogP contribution in [-0.4, -0.2) is 38.8 Å². The molecule has 13 heteroatoms. The molecule has 2 aliphatic carbocycles. The second-order valence-corrected chi connectivity index (χ2v) is 18.8. The Morgan fingerprint density at radius 2 is 1.33 bits per heavy atom. The van der Waals surface area contributed by atoms with E-state index >= 15 is 0 Å². The van der Waals surface area contributed by atoms with Crippen LogP contribution >= 0.6 is 98.5 Å². The minimum absolute atomic E-state index is 0.0719. The number of hydrogen-bond donors (Lipinski definition) is 1. The molecule has 0 saturated carbocycles. The van der Waals surface area contributed by atoms with E-state index in [0.717, 1.165) is 102 Å². The second-order valence-electron chi connectivity index (χ2n) is 13.9. The van der Waals surface area contributed by atoms with E-state index < -0.39 is 0 Å². The van der Waals surface area contributed by atoms with Gasteiger partial charge in [-0.15, -0.1) is 11.6 Å². The lowest BCUT2D eigenvalue weighted by atomic mass is 9.89. The molecule has 1 saturated heterocycles. The third-order valence-corrected chi connectivity index (χ3v) is 13.4. The summed E-state index contributed by atoms with van der Waals surface area (Å²) in [6.45, 7) is 2.38. The summed E-state index contributed by atoms with van der Waals surface area (Å²) < 4.78 is 3.99. The summed E-state index contributed by atoms with van der Waals surface area (Å²) >= 11 is 33.6. The molecular weight excluding hydrogens is 1000 g/mol. The maximum absolute atomic E-state index is 12.6. The maximum atomic E-state index is 12.6. The van der Waals surface area contributed by atoms with E-state index in [0.29, 0.717) is 18.9 Å². The van der Waals surface area contributed by atoms with Crippen LogP contribution in [0.15, 0.2) is 91.2 Å². The Kier molecular flexibility index (Phi) is 13.5. The second kappa shape index (κ2) is 18.1. The minimum atomic E-state index is -0.243. The molecule has 0 bridgehead atoms. The first kappa shape index (κ1) is 40.3. The Morgan fingerprint density at radius 1 is 0.759 bits per heavy atom. The number of nitrogens with one attached hydrogen (secondary N) is 1. The average molecular weight is 1040 g/mol. The van der Waals surface area contributed by atoms with Crippen LogP contribution in [0.4, 0.5) is 0 Å². The number of aryl methyl sites for hydroxylation is 4. The summed E-state index contributed by atoms with van der Waals surface area (Å²) in [5.41, 5.74) is 10.4. The van der Waals surface area contributed by atoms with Crippen LogP contribution in [-0.2, 0) is 37.0 Å². The predicted molar refractivity (Wildman–Crippen MR) is 232 cm³/mol. The lowest BCUT2D eigenvalue weighted by Crippen LogP contribution is -2.39. The highest BCUT2D eigenvalue weighted by molar-refractivity contribution is 9.11. The van der Waals surface area contributed by atoms with Gasteiger partial charge in [0.25, 0.3) is 0 Å². The lowest BCUT2D eigenvalue weighted by molar-refractivity contribution is -0.122. The Balaban J connectivity index is 0.000000199. The zero-order valence-electron chi connectivity index (χ0n) is 29.1. The molecule has 54 heavy (non-hydrogen) atoms. The van der Waals surface area contributed by atoms with E-state index in [-0.39, 0.29) is 17.3 Å². The molecule has 1 fully saturated rings. The number of alkyl halides is 1. The SMILES string of the molecule is Clc1cc(Br)c2c(c1)CCc1cc(Br)cnc1C2Cl.O=C(CC1CCN(C2c3ncc(Br)cc3CCc3cc(Cl)cc(Br)c32)CC1)NCc1cccnc1. The molecule has 2 aromatic carbocycles. The van der Waals surface area contributed by atoms with Gasteiger partial charge in [0, 0.05) is 65.7 Å². The number of pyridine rings is 3. The van der Waals surface area contributed by atoms with Gasteiger partial charge in [0.1, 0.15) is 5.38 Å². The summed E-state index contributed by atoms with van der Waals surface area (Å²) in [5.74, 6) is 0.498. The van der Waals surface area contributed by atoms with Crippen LogP contribution in [0.1, 0.15) is 81.0 Å². The van der Waals surface area contributed by atoms with Gasteiger partial charge < -0.3 is 5.32 Å². The number of likely N-dealkylation sites (tertiary alicyclic amines) is 1. The highest BCUT2D eigenvalue weighted by atomic mass is 79.9. The molecule has 280 valence electrons. The van der Waals surface area contributed by atoms with Crippen molar-refractivity contribution in [1.82, 2.24) is 25.2 Å². The monoisotopic (exact) mass is 1030 g/mol. The molecule has 2 atom stereocenters. The number of piperidine rings is 1. The Hall–Kier alpha value is -1.89. The molecule has 3 aromatic heterocycles. The first-order valence-electron chi connectivity index (χ1n) is 17.8. The molecule has 0 radical (unpaired) electrons. The van der Waals surface area contributed by atoms with Crippen LogP contribution in [0.25, 0.3) is 0 Å². The highest BCUT2D eigenvalue weighted by Crippen LogP contribution is 2.44. The number of amides is 1. The van der Waals surface area contributed by atoms with E-state index in [1.54, 1.807) is 18.6 Å². The summed E-state index contributed by atoms with van der Waals surface area (Å²) in [7, 11) is 0. The molecule has 4 heterocycles. The van der Waals surface area contributed by atoms with Crippen molar-refractivity contribution in [2.75, 3.05) is 13.1 Å². The minimum Gasteiger partial charge on any atom is -0.352 e. The normalized spacial score (nSPS) is 18.1. The first-order chi connectivity index (χ1) is 26.0. The lowest BCUT2D eigenvalue weighted by Gasteiger charge is -2.38. The Bertz CT molecular complexity index is 2170. The average Bonchev–Trinajstić information content (AvgIpc) is 3.39. The standard InChI is InChI=1S/C27H27Br2ClN4O.C14H9Br2Cl2N/c28-21-11-20-4-3-19-12-22(30)13-23(29)25(19)27(26(20)33-16-21)34-8-5-17(6-9-34)10-24(35)32-15-18-2-1-7-31-14-18;15-9-3-8-2-1-7-4-10(17)5-11(16)12(7)13(18)14(8)19-6-9/h1-2,7,11-14,16-17,27H,3-6,8-10,15H2,(H,32,35);3-6,13H,1-2H2. The summed E-state index contributed by atoms with van der Waals surface area (Å²) in [6, 6.07) is 16.2. The van der Waals surface area contributed by atoms with Gasteiger partial charge in [-0.1, -0.05) is 61.1 Å². The molecule has 6 nitrogen and oxygen atoms in total. The van der Waals surface area contributed by atoms with Crippen molar-refractivity contribution >= 4 is 104 Å². The highest BCUT2D eigenvalue weighted by Gasteiger charge is 2.35. The number of benzene rings is 2. The van der Waals surface area contributed by atoms with Gasteiger partial charge >= 0.3 is 0 Å². The van der Waals surface area contributed by atoms with Crippen molar-refractivity contribution in [3.63, 3.8) is 0 Å². The number of halogens is 7. The fourth-order valence-electron chi connectivity index (χ4n) is 7.76. The number of fused-ring (bicyclic) bond motifs is 4. The van der Waals surface area contributed by atoms with Gasteiger partial charge in [-0.05, 0) is 171 Å². The van der Waals surface area contributed by atoms with Gasteiger partial charge in [0.15, 0.2) is 0 Å². The summed E-state index contributed by atoms with van der Waals surface area (Å²) in [5, 5.41) is 4.29. The summed E-state index contributed by atoms with van der Waals surface area (Å²) in [4.78, 5) is 28.6. The van der Waals surface area contributed by atoms with Crippen LogP contribution in [0.2, 0.25) is 10.0 Å². The zero-order chi connectivity index (χ0) is 37.9. The van der Waals surface area contributed by atoms with Crippen molar-refractivity contribution in [2.24, 2.45) is 5.92 Å². The number of aromatic nitrogens is 3. The molecule has 1 N–H and O–H groups in total. The van der Waals surface area contributed by atoms with Crippen LogP contribution in [0.3, 0.4) is 0 Å². The summed E-state index contributed by atoms with van der Waals surface area (Å²) in [6.07, 6.45) is 13.5. The molecule has 3 aliphatic rings.